The molecule has 1 fully saturated rings. The van der Waals surface area contributed by atoms with Gasteiger partial charge in [-0.25, -0.2) is 18.7 Å². The van der Waals surface area contributed by atoms with Crippen LogP contribution in [0.4, 0.5) is 8.78 Å². The van der Waals surface area contributed by atoms with E-state index in [-0.39, 0.29) is 23.6 Å². The highest BCUT2D eigenvalue weighted by atomic mass is 19.3. The molecule has 4 heterocycles. The summed E-state index contributed by atoms with van der Waals surface area (Å²) in [6.07, 6.45) is 3.82. The van der Waals surface area contributed by atoms with Gasteiger partial charge in [-0.2, -0.15) is 0 Å². The van der Waals surface area contributed by atoms with Gasteiger partial charge in [0.15, 0.2) is 5.75 Å². The predicted molar refractivity (Wildman–Crippen MR) is 147 cm³/mol. The zero-order valence-electron chi connectivity index (χ0n) is 22.0. The first kappa shape index (κ1) is 25.9. The summed E-state index contributed by atoms with van der Waals surface area (Å²) in [4.78, 5) is 22.9. The molecule has 10 heteroatoms. The topological polar surface area (TPSA) is 81.0 Å². The van der Waals surface area contributed by atoms with Gasteiger partial charge in [0.25, 0.3) is 6.43 Å². The van der Waals surface area contributed by atoms with Gasteiger partial charge in [-0.05, 0) is 31.1 Å². The summed E-state index contributed by atoms with van der Waals surface area (Å²) in [5.74, 6) is 1.68. The van der Waals surface area contributed by atoms with Crippen molar-refractivity contribution in [2.24, 2.45) is 0 Å². The average molecular weight is 546 g/mol. The molecule has 6 rings (SSSR count). The number of methoxy groups -OCH3 is 1. The van der Waals surface area contributed by atoms with Crippen molar-refractivity contribution in [3.8, 4) is 34.0 Å². The Balaban J connectivity index is 1.32. The third-order valence-corrected chi connectivity index (χ3v) is 7.59. The van der Waals surface area contributed by atoms with Crippen LogP contribution in [0.2, 0.25) is 0 Å². The number of benzene rings is 2. The van der Waals surface area contributed by atoms with Crippen LogP contribution in [-0.4, -0.2) is 58.0 Å². The Morgan fingerprint density at radius 1 is 1.20 bits per heavy atom. The first-order chi connectivity index (χ1) is 19.4. The summed E-state index contributed by atoms with van der Waals surface area (Å²) in [7, 11) is 1.55. The molecule has 2 aromatic carbocycles. The molecule has 40 heavy (non-hydrogen) atoms. The van der Waals surface area contributed by atoms with E-state index < -0.39 is 6.43 Å². The minimum Gasteiger partial charge on any atom is -0.494 e. The zero-order chi connectivity index (χ0) is 27.8. The van der Waals surface area contributed by atoms with Crippen molar-refractivity contribution in [3.05, 3.63) is 78.6 Å². The van der Waals surface area contributed by atoms with Crippen LogP contribution in [0.5, 0.6) is 11.5 Å². The fourth-order valence-electron chi connectivity index (χ4n) is 5.50. The van der Waals surface area contributed by atoms with Gasteiger partial charge in [-0.15, -0.1) is 0 Å². The average Bonchev–Trinajstić information content (AvgIpc) is 3.57. The maximum Gasteiger partial charge on any atom is 0.263 e. The van der Waals surface area contributed by atoms with Crippen LogP contribution in [0.3, 0.4) is 0 Å². The van der Waals surface area contributed by atoms with E-state index in [2.05, 4.69) is 16.9 Å². The zero-order valence-corrected chi connectivity index (χ0v) is 22.0. The number of alkyl halides is 2. The van der Waals surface area contributed by atoms with Crippen LogP contribution in [0.1, 0.15) is 36.4 Å². The van der Waals surface area contributed by atoms with E-state index in [1.165, 1.54) is 18.2 Å². The van der Waals surface area contributed by atoms with Crippen molar-refractivity contribution in [1.82, 2.24) is 24.6 Å². The number of ether oxygens (including phenoxy) is 2. The molecule has 0 saturated carbocycles. The lowest BCUT2D eigenvalue weighted by Crippen LogP contribution is -2.45. The fraction of sp³-hybridized carbons (Fsp3) is 0.300. The number of carbonyl (C=O) groups is 1. The van der Waals surface area contributed by atoms with Crippen molar-refractivity contribution >= 4 is 11.7 Å². The van der Waals surface area contributed by atoms with Crippen molar-refractivity contribution in [3.63, 3.8) is 0 Å². The Morgan fingerprint density at radius 3 is 2.77 bits per heavy atom. The Bertz CT molecular complexity index is 1580. The Labute approximate surface area is 230 Å². The van der Waals surface area contributed by atoms with E-state index in [9.17, 15) is 13.6 Å². The van der Waals surface area contributed by atoms with Gasteiger partial charge in [-0.3, -0.25) is 9.20 Å². The van der Waals surface area contributed by atoms with Crippen LogP contribution in [-0.2, 0) is 4.79 Å². The molecule has 2 aliphatic heterocycles. The molecule has 0 radical (unpaired) electrons. The lowest BCUT2D eigenvalue weighted by atomic mass is 9.99. The second kappa shape index (κ2) is 10.7. The lowest BCUT2D eigenvalue weighted by Gasteiger charge is -2.33. The number of hydrogen-bond acceptors (Lipinski definition) is 6. The molecule has 0 bridgehead atoms. The molecule has 1 saturated heterocycles. The van der Waals surface area contributed by atoms with Gasteiger partial charge >= 0.3 is 0 Å². The van der Waals surface area contributed by atoms with E-state index in [0.717, 1.165) is 29.7 Å². The van der Waals surface area contributed by atoms with Crippen LogP contribution >= 0.6 is 0 Å². The summed E-state index contributed by atoms with van der Waals surface area (Å²) in [5, 5.41) is 3.70. The summed E-state index contributed by atoms with van der Waals surface area (Å²) < 4.78 is 40.4. The van der Waals surface area contributed by atoms with Gasteiger partial charge in [0, 0.05) is 41.4 Å². The molecular formula is C30H29F2N5O3. The normalized spacial score (nSPS) is 17.2. The number of amides is 1. The Kier molecular flexibility index (Phi) is 6.93. The van der Waals surface area contributed by atoms with E-state index in [1.54, 1.807) is 36.0 Å². The third kappa shape index (κ3) is 4.79. The molecule has 0 spiro atoms. The number of carbonyl (C=O) groups excluding carboxylic acids is 1. The van der Waals surface area contributed by atoms with Crippen LogP contribution in [0.15, 0.2) is 67.5 Å². The highest BCUT2D eigenvalue weighted by molar-refractivity contribution is 5.87. The number of aromatic nitrogens is 3. The number of rotatable bonds is 7. The van der Waals surface area contributed by atoms with Crippen LogP contribution in [0.25, 0.3) is 28.3 Å². The Morgan fingerprint density at radius 2 is 2.02 bits per heavy atom. The molecule has 4 aromatic rings. The predicted octanol–water partition coefficient (Wildman–Crippen LogP) is 5.21. The quantitative estimate of drug-likeness (QED) is 0.321. The monoisotopic (exact) mass is 545 g/mol. The number of halogens is 2. The molecule has 1 amide bonds. The summed E-state index contributed by atoms with van der Waals surface area (Å²) in [6.45, 7) is 5.47. The first-order valence-corrected chi connectivity index (χ1v) is 13.2. The largest absolute Gasteiger partial charge is 0.494 e. The number of likely N-dealkylation sites (tertiary alicyclic amines) is 1. The smallest absolute Gasteiger partial charge is 0.263 e. The second-order valence-electron chi connectivity index (χ2n) is 9.99. The minimum atomic E-state index is -2.59. The number of fused-ring (bicyclic) bond motifs is 2. The van der Waals surface area contributed by atoms with Crippen molar-refractivity contribution < 1.29 is 23.0 Å². The summed E-state index contributed by atoms with van der Waals surface area (Å²) in [6, 6.07) is 12.6. The van der Waals surface area contributed by atoms with Crippen LogP contribution < -0.4 is 14.8 Å². The maximum atomic E-state index is 13.6. The van der Waals surface area contributed by atoms with Gasteiger partial charge in [-0.1, -0.05) is 36.9 Å². The second-order valence-corrected chi connectivity index (χ2v) is 9.99. The SMILES string of the molecule is C=CC(=O)N1CCC(N[C@H]2COc3cc(-c4nc5ncc(OC)cn5c4-c4cccc(C(F)F)c4)ccc32)CC1. The molecule has 2 aromatic heterocycles. The molecular weight excluding hydrogens is 516 g/mol. The minimum absolute atomic E-state index is 0.0265. The number of piperidine rings is 1. The number of nitrogens with one attached hydrogen (secondary N) is 1. The highest BCUT2D eigenvalue weighted by Crippen LogP contribution is 2.40. The highest BCUT2D eigenvalue weighted by Gasteiger charge is 2.30. The number of hydrogen-bond donors (Lipinski definition) is 1. The fourth-order valence-corrected chi connectivity index (χ4v) is 5.50. The van der Waals surface area contributed by atoms with E-state index >= 15 is 0 Å². The number of nitrogens with zero attached hydrogens (tertiary/aromatic N) is 4. The van der Waals surface area contributed by atoms with Gasteiger partial charge < -0.3 is 19.7 Å². The van der Waals surface area contributed by atoms with Crippen molar-refractivity contribution in [2.45, 2.75) is 31.4 Å². The molecule has 1 atom stereocenters. The van der Waals surface area contributed by atoms with Crippen molar-refractivity contribution in [1.29, 1.82) is 0 Å². The molecule has 8 nitrogen and oxygen atoms in total. The lowest BCUT2D eigenvalue weighted by molar-refractivity contribution is -0.127. The van der Waals surface area contributed by atoms with Gasteiger partial charge in [0.2, 0.25) is 11.7 Å². The maximum absolute atomic E-state index is 13.6. The Hall–Kier alpha value is -4.31. The van der Waals surface area contributed by atoms with Gasteiger partial charge in [0.05, 0.1) is 36.9 Å². The molecule has 2 aliphatic rings. The summed E-state index contributed by atoms with van der Waals surface area (Å²) in [5.41, 5.74) is 3.61. The standard InChI is InChI=1S/C30H29F2N5O3/c1-3-26(38)36-11-9-21(10-12-36)34-24-17-40-25-14-18(7-8-23(24)25)27-28(19-5-4-6-20(13-19)29(31)32)37-16-22(39-2)15-33-30(37)35-27/h3-8,13-16,21,24,29,34H,1,9-12,17H2,2H3/t24-/m0/s1. The first-order valence-electron chi connectivity index (χ1n) is 13.2. The van der Waals surface area contributed by atoms with E-state index in [0.29, 0.717) is 48.2 Å². The van der Waals surface area contributed by atoms with E-state index in [1.807, 2.05) is 23.1 Å². The van der Waals surface area contributed by atoms with Gasteiger partial charge in [0.1, 0.15) is 12.4 Å². The third-order valence-electron chi connectivity index (χ3n) is 7.59. The van der Waals surface area contributed by atoms with E-state index in [4.69, 9.17) is 14.5 Å². The van der Waals surface area contributed by atoms with Crippen molar-refractivity contribution in [2.75, 3.05) is 26.8 Å². The molecule has 1 N–H and O–H groups in total. The number of imidazole rings is 1. The summed E-state index contributed by atoms with van der Waals surface area (Å²) >= 11 is 0. The molecule has 0 unspecified atom stereocenters. The molecule has 206 valence electrons. The molecule has 0 aliphatic carbocycles. The van der Waals surface area contributed by atoms with Crippen LogP contribution in [0, 0.1) is 0 Å².